The molecule has 1 saturated carbocycles. The molecule has 8 heteroatoms. The second kappa shape index (κ2) is 9.79. The number of ether oxygens (including phenoxy) is 2. The Morgan fingerprint density at radius 3 is 2.34 bits per heavy atom. The molecule has 0 aromatic heterocycles. The normalized spacial score (nSPS) is 19.8. The summed E-state index contributed by atoms with van der Waals surface area (Å²) in [5.74, 6) is 1.02. The highest BCUT2D eigenvalue weighted by molar-refractivity contribution is 5.98. The summed E-state index contributed by atoms with van der Waals surface area (Å²) in [5.41, 5.74) is 0.422. The minimum atomic E-state index is -0.654. The molecule has 2 heterocycles. The van der Waals surface area contributed by atoms with Crippen LogP contribution >= 0.6 is 0 Å². The SMILES string of the molecule is CC(C)NC(=O)[C@H](NC(=O)c1ccc2c(c1)OCO2)C1CCN(C(=O)C2CCCC2)CC1. The Bertz CT molecular complexity index is 857. The van der Waals surface area contributed by atoms with Crippen LogP contribution in [0.4, 0.5) is 0 Å². The van der Waals surface area contributed by atoms with Gasteiger partial charge in [0.1, 0.15) is 6.04 Å². The zero-order valence-corrected chi connectivity index (χ0v) is 18.9. The summed E-state index contributed by atoms with van der Waals surface area (Å²) in [4.78, 5) is 40.7. The topological polar surface area (TPSA) is 97.0 Å². The highest BCUT2D eigenvalue weighted by atomic mass is 16.7. The van der Waals surface area contributed by atoms with Gasteiger partial charge in [-0.05, 0) is 63.6 Å². The lowest BCUT2D eigenvalue weighted by Gasteiger charge is -2.37. The Morgan fingerprint density at radius 2 is 1.66 bits per heavy atom. The molecule has 1 atom stereocenters. The first-order chi connectivity index (χ1) is 15.4. The highest BCUT2D eigenvalue weighted by Gasteiger charge is 2.36. The van der Waals surface area contributed by atoms with Crippen LogP contribution in [0.1, 0.15) is 62.7 Å². The summed E-state index contributed by atoms with van der Waals surface area (Å²) in [7, 11) is 0. The van der Waals surface area contributed by atoms with E-state index in [0.717, 1.165) is 25.7 Å². The van der Waals surface area contributed by atoms with E-state index >= 15 is 0 Å². The first-order valence-electron chi connectivity index (χ1n) is 11.7. The van der Waals surface area contributed by atoms with Crippen molar-refractivity contribution in [2.45, 2.75) is 64.5 Å². The van der Waals surface area contributed by atoms with Gasteiger partial charge in [-0.3, -0.25) is 14.4 Å². The smallest absolute Gasteiger partial charge is 0.252 e. The third-order valence-corrected chi connectivity index (χ3v) is 6.66. The Balaban J connectivity index is 1.42. The van der Waals surface area contributed by atoms with E-state index in [-0.39, 0.29) is 42.4 Å². The van der Waals surface area contributed by atoms with Crippen LogP contribution in [-0.4, -0.2) is 54.6 Å². The van der Waals surface area contributed by atoms with Gasteiger partial charge < -0.3 is 25.0 Å². The number of amides is 3. The van der Waals surface area contributed by atoms with Crippen molar-refractivity contribution in [1.29, 1.82) is 0 Å². The van der Waals surface area contributed by atoms with Crippen molar-refractivity contribution in [3.63, 3.8) is 0 Å². The predicted octanol–water partition coefficient (Wildman–Crippen LogP) is 2.47. The van der Waals surface area contributed by atoms with Gasteiger partial charge in [0.15, 0.2) is 11.5 Å². The molecule has 0 bridgehead atoms. The molecule has 2 fully saturated rings. The average molecular weight is 444 g/mol. The number of nitrogens with one attached hydrogen (secondary N) is 2. The van der Waals surface area contributed by atoms with E-state index in [2.05, 4.69) is 10.6 Å². The van der Waals surface area contributed by atoms with E-state index in [1.54, 1.807) is 18.2 Å². The number of carbonyl (C=O) groups is 3. The molecule has 32 heavy (non-hydrogen) atoms. The number of rotatable bonds is 6. The van der Waals surface area contributed by atoms with Crippen LogP contribution in [0.5, 0.6) is 11.5 Å². The third kappa shape index (κ3) is 5.00. The van der Waals surface area contributed by atoms with Crippen molar-refractivity contribution in [2.75, 3.05) is 19.9 Å². The lowest BCUT2D eigenvalue weighted by atomic mass is 9.87. The Labute approximate surface area is 189 Å². The lowest BCUT2D eigenvalue weighted by Crippen LogP contribution is -2.55. The van der Waals surface area contributed by atoms with Crippen LogP contribution in [-0.2, 0) is 9.59 Å². The van der Waals surface area contributed by atoms with Gasteiger partial charge in [0.25, 0.3) is 5.91 Å². The molecule has 0 radical (unpaired) electrons. The number of nitrogens with zero attached hydrogens (tertiary/aromatic N) is 1. The standard InChI is InChI=1S/C24H33N3O5/c1-15(2)25-23(29)21(26-22(28)18-7-8-19-20(13-18)32-14-31-19)16-9-11-27(12-10-16)24(30)17-5-3-4-6-17/h7-8,13,15-17,21H,3-6,9-12,14H2,1-2H3,(H,25,29)(H,26,28)/t21-/m1/s1. The summed E-state index contributed by atoms with van der Waals surface area (Å²) in [6.45, 7) is 5.20. The van der Waals surface area contributed by atoms with Gasteiger partial charge in [0.05, 0.1) is 0 Å². The summed E-state index contributed by atoms with van der Waals surface area (Å²) >= 11 is 0. The fourth-order valence-corrected chi connectivity index (χ4v) is 4.92. The molecule has 3 aliphatic rings. The van der Waals surface area contributed by atoms with Crippen LogP contribution in [0.3, 0.4) is 0 Å². The van der Waals surface area contributed by atoms with Crippen LogP contribution in [0.15, 0.2) is 18.2 Å². The summed E-state index contributed by atoms with van der Waals surface area (Å²) < 4.78 is 10.7. The van der Waals surface area contributed by atoms with E-state index in [1.165, 1.54) is 0 Å². The molecule has 1 saturated heterocycles. The average Bonchev–Trinajstić information content (AvgIpc) is 3.48. The lowest BCUT2D eigenvalue weighted by molar-refractivity contribution is -0.137. The molecule has 2 N–H and O–H groups in total. The van der Waals surface area contributed by atoms with Gasteiger partial charge in [-0.25, -0.2) is 0 Å². The number of benzene rings is 1. The largest absolute Gasteiger partial charge is 0.454 e. The van der Waals surface area contributed by atoms with Crippen molar-refractivity contribution < 1.29 is 23.9 Å². The molecular formula is C24H33N3O5. The Hall–Kier alpha value is -2.77. The molecule has 0 unspecified atom stereocenters. The third-order valence-electron chi connectivity index (χ3n) is 6.66. The Kier molecular flexibility index (Phi) is 6.86. The van der Waals surface area contributed by atoms with Crippen molar-refractivity contribution in [3.8, 4) is 11.5 Å². The zero-order chi connectivity index (χ0) is 22.7. The number of fused-ring (bicyclic) bond motifs is 1. The van der Waals surface area contributed by atoms with Gasteiger partial charge in [0.2, 0.25) is 18.6 Å². The van der Waals surface area contributed by atoms with Crippen LogP contribution in [0.2, 0.25) is 0 Å². The van der Waals surface area contributed by atoms with Gasteiger partial charge in [0, 0.05) is 30.6 Å². The molecule has 174 valence electrons. The maximum absolute atomic E-state index is 13.0. The molecule has 1 aromatic carbocycles. The van der Waals surface area contributed by atoms with Gasteiger partial charge >= 0.3 is 0 Å². The predicted molar refractivity (Wildman–Crippen MR) is 118 cm³/mol. The first-order valence-corrected chi connectivity index (χ1v) is 11.7. The molecule has 2 aliphatic heterocycles. The fraction of sp³-hybridized carbons (Fsp3) is 0.625. The number of carbonyl (C=O) groups excluding carboxylic acids is 3. The van der Waals surface area contributed by atoms with Crippen molar-refractivity contribution >= 4 is 17.7 Å². The van der Waals surface area contributed by atoms with Gasteiger partial charge in [-0.1, -0.05) is 12.8 Å². The molecular weight excluding hydrogens is 410 g/mol. The summed E-state index contributed by atoms with van der Waals surface area (Å²) in [6, 6.07) is 4.32. The first kappa shape index (κ1) is 22.4. The van der Waals surface area contributed by atoms with Gasteiger partial charge in [-0.15, -0.1) is 0 Å². The second-order valence-electron chi connectivity index (χ2n) is 9.33. The number of likely N-dealkylation sites (tertiary alicyclic amines) is 1. The molecule has 1 aliphatic carbocycles. The molecule has 1 aromatic rings. The summed E-state index contributed by atoms with van der Waals surface area (Å²) in [5, 5.41) is 5.89. The number of hydrogen-bond acceptors (Lipinski definition) is 5. The van der Waals surface area contributed by atoms with Crippen LogP contribution in [0.25, 0.3) is 0 Å². The second-order valence-corrected chi connectivity index (χ2v) is 9.33. The summed E-state index contributed by atoms with van der Waals surface area (Å²) in [6.07, 6.45) is 5.63. The van der Waals surface area contributed by atoms with Crippen molar-refractivity contribution in [1.82, 2.24) is 15.5 Å². The minimum Gasteiger partial charge on any atom is -0.454 e. The maximum Gasteiger partial charge on any atom is 0.252 e. The number of piperidine rings is 1. The maximum atomic E-state index is 13.0. The van der Waals surface area contributed by atoms with Crippen LogP contribution < -0.4 is 20.1 Å². The van der Waals surface area contributed by atoms with Crippen LogP contribution in [0, 0.1) is 11.8 Å². The van der Waals surface area contributed by atoms with Gasteiger partial charge in [-0.2, -0.15) is 0 Å². The quantitative estimate of drug-likeness (QED) is 0.704. The molecule has 4 rings (SSSR count). The highest BCUT2D eigenvalue weighted by Crippen LogP contribution is 2.33. The fourth-order valence-electron chi connectivity index (χ4n) is 4.92. The molecule has 3 amide bonds. The van der Waals surface area contributed by atoms with E-state index in [0.29, 0.717) is 43.0 Å². The van der Waals surface area contributed by atoms with E-state index in [1.807, 2.05) is 18.7 Å². The van der Waals surface area contributed by atoms with E-state index in [9.17, 15) is 14.4 Å². The van der Waals surface area contributed by atoms with Crippen molar-refractivity contribution in [3.05, 3.63) is 23.8 Å². The number of hydrogen-bond donors (Lipinski definition) is 2. The van der Waals surface area contributed by atoms with E-state index < -0.39 is 6.04 Å². The minimum absolute atomic E-state index is 0.0284. The Morgan fingerprint density at radius 1 is 0.969 bits per heavy atom. The monoisotopic (exact) mass is 443 g/mol. The van der Waals surface area contributed by atoms with Crippen molar-refractivity contribution in [2.24, 2.45) is 11.8 Å². The molecule has 8 nitrogen and oxygen atoms in total. The zero-order valence-electron chi connectivity index (χ0n) is 18.9. The molecule has 0 spiro atoms. The van der Waals surface area contributed by atoms with E-state index in [4.69, 9.17) is 9.47 Å².